The smallest absolute Gasteiger partial charge is 0.0842 e. The van der Waals surface area contributed by atoms with Gasteiger partial charge in [0.15, 0.2) is 0 Å². The van der Waals surface area contributed by atoms with Gasteiger partial charge in [-0.15, -0.1) is 0 Å². The minimum atomic E-state index is 0.683. The molecular weight excluding hydrogens is 174 g/mol. The Bertz CT molecular complexity index is 392. The first-order valence-corrected chi connectivity index (χ1v) is 4.75. The maximum absolute atomic E-state index is 8.79. The van der Waals surface area contributed by atoms with Gasteiger partial charge in [-0.05, 0) is 56.9 Å². The highest BCUT2D eigenvalue weighted by Crippen LogP contribution is 2.21. The molecular formula is C12H17NO. The Morgan fingerprint density at radius 3 is 2.14 bits per heavy atom. The normalized spacial score (nSPS) is 11.9. The van der Waals surface area contributed by atoms with E-state index in [1.165, 1.54) is 22.3 Å². The third-order valence-electron chi connectivity index (χ3n) is 2.87. The molecule has 2 nitrogen and oxygen atoms in total. The fraction of sp³-hybridized carbons (Fsp3) is 0.417. The van der Waals surface area contributed by atoms with Gasteiger partial charge < -0.3 is 5.21 Å². The first kappa shape index (κ1) is 10.8. The molecule has 76 valence electrons. The Morgan fingerprint density at radius 1 is 1.07 bits per heavy atom. The van der Waals surface area contributed by atoms with Crippen LogP contribution in [0.5, 0.6) is 0 Å². The fourth-order valence-corrected chi connectivity index (χ4v) is 1.89. The van der Waals surface area contributed by atoms with E-state index >= 15 is 0 Å². The van der Waals surface area contributed by atoms with Gasteiger partial charge in [0.05, 0.1) is 5.71 Å². The summed E-state index contributed by atoms with van der Waals surface area (Å²) < 4.78 is 0. The molecule has 2 heteroatoms. The minimum absolute atomic E-state index is 0.683. The molecule has 0 unspecified atom stereocenters. The lowest BCUT2D eigenvalue weighted by Gasteiger charge is -2.13. The van der Waals surface area contributed by atoms with E-state index in [9.17, 15) is 0 Å². The van der Waals surface area contributed by atoms with E-state index in [1.807, 2.05) is 13.8 Å². The van der Waals surface area contributed by atoms with Gasteiger partial charge in [0, 0.05) is 5.56 Å². The lowest BCUT2D eigenvalue weighted by Crippen LogP contribution is -2.04. The molecule has 0 fully saturated rings. The standard InChI is InChI=1S/C12H17NO/c1-7-6-8(2)12(11(5)13-14)10(4)9(7)3/h6,14H,1-5H3. The van der Waals surface area contributed by atoms with Crippen LogP contribution in [0.1, 0.15) is 34.7 Å². The van der Waals surface area contributed by atoms with Crippen molar-refractivity contribution >= 4 is 5.71 Å². The zero-order valence-electron chi connectivity index (χ0n) is 9.47. The summed E-state index contributed by atoms with van der Waals surface area (Å²) in [4.78, 5) is 0. The number of nitrogens with zero attached hydrogens (tertiary/aromatic N) is 1. The monoisotopic (exact) mass is 191 g/mol. The highest BCUT2D eigenvalue weighted by molar-refractivity contribution is 6.01. The molecule has 0 amide bonds. The number of hydrogen-bond donors (Lipinski definition) is 1. The minimum Gasteiger partial charge on any atom is -0.411 e. The molecule has 0 saturated carbocycles. The van der Waals surface area contributed by atoms with Crippen LogP contribution in [0.2, 0.25) is 0 Å². The number of oxime groups is 1. The quantitative estimate of drug-likeness (QED) is 0.413. The van der Waals surface area contributed by atoms with Crippen molar-refractivity contribution in [1.82, 2.24) is 0 Å². The van der Waals surface area contributed by atoms with Gasteiger partial charge in [0.1, 0.15) is 0 Å². The third kappa shape index (κ3) is 1.65. The molecule has 0 aliphatic heterocycles. The molecule has 0 aromatic heterocycles. The highest BCUT2D eigenvalue weighted by atomic mass is 16.4. The van der Waals surface area contributed by atoms with Crippen molar-refractivity contribution in [2.45, 2.75) is 34.6 Å². The van der Waals surface area contributed by atoms with E-state index in [0.29, 0.717) is 5.71 Å². The molecule has 1 aromatic rings. The average Bonchev–Trinajstić information content (AvgIpc) is 2.14. The summed E-state index contributed by atoms with van der Waals surface area (Å²) in [6, 6.07) is 2.13. The van der Waals surface area contributed by atoms with Gasteiger partial charge in [-0.2, -0.15) is 0 Å². The van der Waals surface area contributed by atoms with Gasteiger partial charge in [-0.1, -0.05) is 11.2 Å². The van der Waals surface area contributed by atoms with Crippen molar-refractivity contribution in [3.8, 4) is 0 Å². The summed E-state index contributed by atoms with van der Waals surface area (Å²) in [5.41, 5.74) is 6.68. The zero-order valence-corrected chi connectivity index (χ0v) is 9.47. The summed E-state index contributed by atoms with van der Waals surface area (Å²) in [7, 11) is 0. The second-order valence-electron chi connectivity index (χ2n) is 3.82. The largest absolute Gasteiger partial charge is 0.411 e. The van der Waals surface area contributed by atoms with Crippen molar-refractivity contribution in [3.63, 3.8) is 0 Å². The van der Waals surface area contributed by atoms with Gasteiger partial charge in [0.25, 0.3) is 0 Å². The van der Waals surface area contributed by atoms with Gasteiger partial charge in [0.2, 0.25) is 0 Å². The third-order valence-corrected chi connectivity index (χ3v) is 2.87. The highest BCUT2D eigenvalue weighted by Gasteiger charge is 2.10. The van der Waals surface area contributed by atoms with Crippen LogP contribution in [0.3, 0.4) is 0 Å². The van der Waals surface area contributed by atoms with E-state index < -0.39 is 0 Å². The van der Waals surface area contributed by atoms with E-state index in [4.69, 9.17) is 5.21 Å². The molecule has 1 N–H and O–H groups in total. The van der Waals surface area contributed by atoms with Crippen molar-refractivity contribution in [3.05, 3.63) is 33.9 Å². The predicted octanol–water partition coefficient (Wildman–Crippen LogP) is 3.12. The molecule has 0 atom stereocenters. The molecule has 1 rings (SSSR count). The van der Waals surface area contributed by atoms with E-state index in [2.05, 4.69) is 32.0 Å². The van der Waals surface area contributed by atoms with Crippen LogP contribution in [0.25, 0.3) is 0 Å². The zero-order chi connectivity index (χ0) is 10.9. The molecule has 0 bridgehead atoms. The SMILES string of the molecule is CC(=NO)c1c(C)cc(C)c(C)c1C. The summed E-state index contributed by atoms with van der Waals surface area (Å²) in [5.74, 6) is 0. The molecule has 0 heterocycles. The Labute approximate surface area is 85.3 Å². The van der Waals surface area contributed by atoms with Crippen molar-refractivity contribution < 1.29 is 5.21 Å². The van der Waals surface area contributed by atoms with E-state index in [1.54, 1.807) is 0 Å². The lowest BCUT2D eigenvalue weighted by molar-refractivity contribution is 0.319. The molecule has 1 aromatic carbocycles. The Morgan fingerprint density at radius 2 is 1.64 bits per heavy atom. The number of benzene rings is 1. The summed E-state index contributed by atoms with van der Waals surface area (Å²) in [6.45, 7) is 10.1. The van der Waals surface area contributed by atoms with Crippen molar-refractivity contribution in [2.75, 3.05) is 0 Å². The Balaban J connectivity index is 3.52. The van der Waals surface area contributed by atoms with Crippen LogP contribution in [-0.2, 0) is 0 Å². The number of aryl methyl sites for hydroxylation is 2. The van der Waals surface area contributed by atoms with Crippen molar-refractivity contribution in [2.24, 2.45) is 5.16 Å². The average molecular weight is 191 g/mol. The summed E-state index contributed by atoms with van der Waals surface area (Å²) >= 11 is 0. The second-order valence-corrected chi connectivity index (χ2v) is 3.82. The van der Waals surface area contributed by atoms with Crippen LogP contribution >= 0.6 is 0 Å². The maximum Gasteiger partial charge on any atom is 0.0842 e. The lowest BCUT2D eigenvalue weighted by atomic mass is 9.92. The topological polar surface area (TPSA) is 32.6 Å². The molecule has 0 saturated heterocycles. The Hall–Kier alpha value is -1.31. The van der Waals surface area contributed by atoms with Crippen LogP contribution in [0.15, 0.2) is 11.2 Å². The molecule has 14 heavy (non-hydrogen) atoms. The molecule has 0 spiro atoms. The fourth-order valence-electron chi connectivity index (χ4n) is 1.89. The number of rotatable bonds is 1. The van der Waals surface area contributed by atoms with Gasteiger partial charge in [-0.25, -0.2) is 0 Å². The Kier molecular flexibility index (Phi) is 2.94. The summed E-state index contributed by atoms with van der Waals surface area (Å²) in [5, 5.41) is 12.1. The van der Waals surface area contributed by atoms with E-state index in [-0.39, 0.29) is 0 Å². The van der Waals surface area contributed by atoms with Crippen LogP contribution in [0.4, 0.5) is 0 Å². The first-order valence-electron chi connectivity index (χ1n) is 4.75. The first-order chi connectivity index (χ1) is 6.49. The van der Waals surface area contributed by atoms with E-state index in [0.717, 1.165) is 5.56 Å². The molecule has 0 radical (unpaired) electrons. The van der Waals surface area contributed by atoms with Crippen molar-refractivity contribution in [1.29, 1.82) is 0 Å². The maximum atomic E-state index is 8.79. The van der Waals surface area contributed by atoms with Gasteiger partial charge >= 0.3 is 0 Å². The van der Waals surface area contributed by atoms with Crippen LogP contribution in [-0.4, -0.2) is 10.9 Å². The number of hydrogen-bond acceptors (Lipinski definition) is 2. The van der Waals surface area contributed by atoms with Crippen LogP contribution in [0, 0.1) is 27.7 Å². The van der Waals surface area contributed by atoms with Gasteiger partial charge in [-0.3, -0.25) is 0 Å². The predicted molar refractivity (Wildman–Crippen MR) is 59.4 cm³/mol. The second kappa shape index (κ2) is 3.82. The molecule has 0 aliphatic rings. The summed E-state index contributed by atoms with van der Waals surface area (Å²) in [6.07, 6.45) is 0. The molecule has 0 aliphatic carbocycles. The van der Waals surface area contributed by atoms with Crippen LogP contribution < -0.4 is 0 Å².